The number of sulfonamides is 1. The molecule has 1 aliphatic rings. The summed E-state index contributed by atoms with van der Waals surface area (Å²) >= 11 is 1.27. The smallest absolute Gasteiger partial charge is 0.252 e. The van der Waals surface area contributed by atoms with E-state index in [4.69, 9.17) is 0 Å². The van der Waals surface area contributed by atoms with E-state index in [2.05, 4.69) is 10.2 Å². The molecule has 0 spiro atoms. The first kappa shape index (κ1) is 13.7. The number of aromatic nitrogens is 3. The summed E-state index contributed by atoms with van der Waals surface area (Å²) in [5, 5.41) is 9.66. The van der Waals surface area contributed by atoms with Crippen molar-refractivity contribution in [2.45, 2.75) is 30.0 Å². The number of hydrogen-bond donors (Lipinski definition) is 0. The number of hydrogen-bond acceptors (Lipinski definition) is 5. The van der Waals surface area contributed by atoms with E-state index in [1.165, 1.54) is 11.3 Å². The Morgan fingerprint density at radius 2 is 2.10 bits per heavy atom. The SMILES string of the molecule is Cc1nncn1C1CCN(S(=O)(=O)c2cccs2)CC1. The Kier molecular flexibility index (Phi) is 3.61. The first-order valence-electron chi connectivity index (χ1n) is 6.49. The monoisotopic (exact) mass is 312 g/mol. The van der Waals surface area contributed by atoms with Crippen LogP contribution in [0.2, 0.25) is 0 Å². The van der Waals surface area contributed by atoms with Gasteiger partial charge < -0.3 is 4.57 Å². The zero-order valence-corrected chi connectivity index (χ0v) is 12.8. The molecular weight excluding hydrogens is 296 g/mol. The summed E-state index contributed by atoms with van der Waals surface area (Å²) in [7, 11) is -3.31. The van der Waals surface area contributed by atoms with E-state index in [-0.39, 0.29) is 0 Å². The second kappa shape index (κ2) is 5.27. The Labute approximate surface area is 122 Å². The lowest BCUT2D eigenvalue weighted by Crippen LogP contribution is -2.38. The van der Waals surface area contributed by atoms with Crippen LogP contribution in [0.25, 0.3) is 0 Å². The second-order valence-electron chi connectivity index (χ2n) is 4.85. The fourth-order valence-corrected chi connectivity index (χ4v) is 5.17. The zero-order chi connectivity index (χ0) is 14.2. The Balaban J connectivity index is 1.72. The summed E-state index contributed by atoms with van der Waals surface area (Å²) < 4.78 is 28.9. The van der Waals surface area contributed by atoms with Crippen molar-refractivity contribution in [2.75, 3.05) is 13.1 Å². The highest BCUT2D eigenvalue weighted by Gasteiger charge is 2.30. The third-order valence-corrected chi connectivity index (χ3v) is 6.93. The molecule has 20 heavy (non-hydrogen) atoms. The molecule has 6 nitrogen and oxygen atoms in total. The molecule has 0 bridgehead atoms. The van der Waals surface area contributed by atoms with Gasteiger partial charge in [-0.05, 0) is 31.2 Å². The van der Waals surface area contributed by atoms with Crippen LogP contribution in [0.1, 0.15) is 24.7 Å². The van der Waals surface area contributed by atoms with E-state index >= 15 is 0 Å². The van der Waals surface area contributed by atoms with Crippen LogP contribution >= 0.6 is 11.3 Å². The van der Waals surface area contributed by atoms with E-state index in [1.807, 2.05) is 11.5 Å². The van der Waals surface area contributed by atoms with Crippen molar-refractivity contribution in [3.05, 3.63) is 29.7 Å². The number of thiophene rings is 1. The minimum atomic E-state index is -3.31. The third-order valence-electron chi connectivity index (χ3n) is 3.66. The largest absolute Gasteiger partial charge is 0.315 e. The zero-order valence-electron chi connectivity index (χ0n) is 11.1. The van der Waals surface area contributed by atoms with Crippen molar-refractivity contribution < 1.29 is 8.42 Å². The lowest BCUT2D eigenvalue weighted by atomic mass is 10.1. The van der Waals surface area contributed by atoms with Crippen LogP contribution in [0.4, 0.5) is 0 Å². The second-order valence-corrected chi connectivity index (χ2v) is 7.97. The Morgan fingerprint density at radius 3 is 2.65 bits per heavy atom. The predicted octanol–water partition coefficient (Wildman–Crippen LogP) is 1.67. The molecule has 0 unspecified atom stereocenters. The van der Waals surface area contributed by atoms with Gasteiger partial charge in [-0.2, -0.15) is 4.31 Å². The van der Waals surface area contributed by atoms with Crippen molar-refractivity contribution in [3.8, 4) is 0 Å². The fraction of sp³-hybridized carbons (Fsp3) is 0.500. The van der Waals surface area contributed by atoms with Gasteiger partial charge in [0, 0.05) is 19.1 Å². The van der Waals surface area contributed by atoms with Crippen LogP contribution in [-0.4, -0.2) is 40.6 Å². The van der Waals surface area contributed by atoms with Crippen LogP contribution in [-0.2, 0) is 10.0 Å². The summed E-state index contributed by atoms with van der Waals surface area (Å²) in [5.74, 6) is 0.879. The molecule has 8 heteroatoms. The summed E-state index contributed by atoms with van der Waals surface area (Å²) in [6.45, 7) is 3.01. The van der Waals surface area contributed by atoms with E-state index in [1.54, 1.807) is 28.1 Å². The molecule has 0 aromatic carbocycles. The molecule has 1 saturated heterocycles. The molecule has 3 rings (SSSR count). The van der Waals surface area contributed by atoms with E-state index in [0.29, 0.717) is 23.3 Å². The minimum absolute atomic E-state index is 0.291. The van der Waals surface area contributed by atoms with Crippen LogP contribution in [0.3, 0.4) is 0 Å². The first-order valence-corrected chi connectivity index (χ1v) is 8.81. The van der Waals surface area contributed by atoms with Crippen molar-refractivity contribution in [2.24, 2.45) is 0 Å². The molecule has 0 atom stereocenters. The molecule has 0 radical (unpaired) electrons. The minimum Gasteiger partial charge on any atom is -0.315 e. The van der Waals surface area contributed by atoms with Gasteiger partial charge in [-0.1, -0.05) is 6.07 Å². The summed E-state index contributed by atoms with van der Waals surface area (Å²) in [4.78, 5) is 0. The molecule has 108 valence electrons. The highest BCUT2D eigenvalue weighted by molar-refractivity contribution is 7.91. The number of aryl methyl sites for hydroxylation is 1. The lowest BCUT2D eigenvalue weighted by Gasteiger charge is -2.31. The molecule has 3 heterocycles. The highest BCUT2D eigenvalue weighted by atomic mass is 32.2. The van der Waals surface area contributed by atoms with Gasteiger partial charge in [0.15, 0.2) is 0 Å². The lowest BCUT2D eigenvalue weighted by molar-refractivity contribution is 0.271. The third kappa shape index (κ3) is 2.38. The summed E-state index contributed by atoms with van der Waals surface area (Å²) in [6, 6.07) is 3.72. The Hall–Kier alpha value is -1.25. The van der Waals surface area contributed by atoms with Gasteiger partial charge in [0.2, 0.25) is 0 Å². The van der Waals surface area contributed by atoms with Crippen LogP contribution in [0.15, 0.2) is 28.0 Å². The average Bonchev–Trinajstić information content (AvgIpc) is 3.10. The average molecular weight is 312 g/mol. The van der Waals surface area contributed by atoms with Crippen molar-refractivity contribution in [1.82, 2.24) is 19.1 Å². The maximum absolute atomic E-state index is 12.4. The van der Waals surface area contributed by atoms with E-state index in [9.17, 15) is 8.42 Å². The van der Waals surface area contributed by atoms with Crippen LogP contribution in [0, 0.1) is 6.92 Å². The van der Waals surface area contributed by atoms with E-state index in [0.717, 1.165) is 18.7 Å². The normalized spacial score (nSPS) is 18.4. The van der Waals surface area contributed by atoms with Gasteiger partial charge >= 0.3 is 0 Å². The topological polar surface area (TPSA) is 68.1 Å². The fourth-order valence-electron chi connectivity index (χ4n) is 2.56. The molecule has 0 amide bonds. The van der Waals surface area contributed by atoms with Crippen molar-refractivity contribution >= 4 is 21.4 Å². The van der Waals surface area contributed by atoms with Gasteiger partial charge in [0.1, 0.15) is 16.4 Å². The number of nitrogens with zero attached hydrogens (tertiary/aromatic N) is 4. The molecule has 2 aromatic heterocycles. The van der Waals surface area contributed by atoms with Crippen LogP contribution in [0.5, 0.6) is 0 Å². The van der Waals surface area contributed by atoms with Crippen molar-refractivity contribution in [3.63, 3.8) is 0 Å². The molecule has 1 aliphatic heterocycles. The summed E-state index contributed by atoms with van der Waals surface area (Å²) in [5.41, 5.74) is 0. The van der Waals surface area contributed by atoms with Gasteiger partial charge in [-0.15, -0.1) is 21.5 Å². The van der Waals surface area contributed by atoms with Gasteiger partial charge in [-0.3, -0.25) is 0 Å². The number of rotatable bonds is 3. The maximum Gasteiger partial charge on any atom is 0.252 e. The Bertz CT molecular complexity index is 670. The van der Waals surface area contributed by atoms with Crippen molar-refractivity contribution in [1.29, 1.82) is 0 Å². The summed E-state index contributed by atoms with van der Waals surface area (Å²) in [6.07, 6.45) is 3.32. The Morgan fingerprint density at radius 1 is 1.35 bits per heavy atom. The highest BCUT2D eigenvalue weighted by Crippen LogP contribution is 2.28. The standard InChI is InChI=1S/C12H16N4O2S2/c1-10-14-13-9-16(10)11-4-6-15(7-5-11)20(17,18)12-3-2-8-19-12/h2-3,8-9,11H,4-7H2,1H3. The molecule has 1 fully saturated rings. The van der Waals surface area contributed by atoms with Gasteiger partial charge in [-0.25, -0.2) is 8.42 Å². The maximum atomic E-state index is 12.4. The quantitative estimate of drug-likeness (QED) is 0.864. The molecule has 0 aliphatic carbocycles. The number of piperidine rings is 1. The van der Waals surface area contributed by atoms with Gasteiger partial charge in [0.25, 0.3) is 10.0 Å². The predicted molar refractivity (Wildman–Crippen MR) is 76.1 cm³/mol. The molecule has 0 saturated carbocycles. The molecule has 2 aromatic rings. The molecule has 0 N–H and O–H groups in total. The first-order chi connectivity index (χ1) is 9.59. The molecular formula is C12H16N4O2S2. The van der Waals surface area contributed by atoms with Crippen LogP contribution < -0.4 is 0 Å². The van der Waals surface area contributed by atoms with Gasteiger partial charge in [0.05, 0.1) is 0 Å². The van der Waals surface area contributed by atoms with E-state index < -0.39 is 10.0 Å².